The number of hydrogen-bond donors (Lipinski definition) is 0. The summed E-state index contributed by atoms with van der Waals surface area (Å²) in [5.41, 5.74) is 0. The Hall–Kier alpha value is -1.17. The van der Waals surface area contributed by atoms with Crippen molar-refractivity contribution in [3.8, 4) is 0 Å². The van der Waals surface area contributed by atoms with Crippen molar-refractivity contribution >= 4 is 18.8 Å². The highest BCUT2D eigenvalue weighted by atomic mass is 31.1. The molecule has 0 unspecified atom stereocenters. The average molecular weight is 245 g/mol. The predicted molar refractivity (Wildman–Crippen MR) is 76.7 cm³/mol. The second kappa shape index (κ2) is 6.54. The third-order valence-corrected chi connectivity index (χ3v) is 4.73. The molecule has 0 N–H and O–H groups in total. The van der Waals surface area contributed by atoms with Gasteiger partial charge in [-0.2, -0.15) is 0 Å². The molecule has 0 amide bonds. The van der Waals surface area contributed by atoms with E-state index in [2.05, 4.69) is 55.5 Å². The molecule has 0 aliphatic rings. The smallest absolute Gasteiger partial charge is 0.197 e. The quantitative estimate of drug-likeness (QED) is 0.735. The zero-order valence-electron chi connectivity index (χ0n) is 10.1. The second-order valence-corrected chi connectivity index (χ2v) is 6.01. The average Bonchev–Trinajstić information content (AvgIpc) is 2.42. The van der Waals surface area contributed by atoms with Crippen LogP contribution in [0.15, 0.2) is 60.7 Å². The molecular formula is C15H18OP+. The number of benzene rings is 2. The van der Waals surface area contributed by atoms with Crippen LogP contribution in [-0.4, -0.2) is 6.61 Å². The summed E-state index contributed by atoms with van der Waals surface area (Å²) in [7, 11) is -1.06. The molecule has 2 aromatic carbocycles. The van der Waals surface area contributed by atoms with Gasteiger partial charge in [0.05, 0.1) is 6.61 Å². The lowest BCUT2D eigenvalue weighted by Gasteiger charge is -2.09. The van der Waals surface area contributed by atoms with Gasteiger partial charge >= 0.3 is 0 Å². The first kappa shape index (κ1) is 12.3. The van der Waals surface area contributed by atoms with Crippen molar-refractivity contribution in [2.45, 2.75) is 13.3 Å². The molecule has 0 saturated heterocycles. The van der Waals surface area contributed by atoms with Crippen LogP contribution in [0.3, 0.4) is 0 Å². The molecule has 0 aliphatic carbocycles. The van der Waals surface area contributed by atoms with Gasteiger partial charge < -0.3 is 0 Å². The molecule has 0 heterocycles. The first-order valence-electron chi connectivity index (χ1n) is 6.02. The fraction of sp³-hybridized carbons (Fsp3) is 0.200. The minimum Gasteiger partial charge on any atom is -0.230 e. The van der Waals surface area contributed by atoms with Gasteiger partial charge in [0, 0.05) is 0 Å². The first-order valence-corrected chi connectivity index (χ1v) is 7.43. The molecule has 0 fully saturated rings. The van der Waals surface area contributed by atoms with Crippen LogP contribution in [0.2, 0.25) is 0 Å². The maximum Gasteiger partial charge on any atom is 0.197 e. The van der Waals surface area contributed by atoms with E-state index in [4.69, 9.17) is 4.52 Å². The molecule has 0 bridgehead atoms. The Balaban J connectivity index is 2.26. The van der Waals surface area contributed by atoms with Crippen LogP contribution in [0.1, 0.15) is 13.3 Å². The SMILES string of the molecule is CCCO[PH+](c1ccccc1)c1ccccc1. The topological polar surface area (TPSA) is 9.23 Å². The molecule has 0 radical (unpaired) electrons. The minimum absolute atomic E-state index is 0.831. The van der Waals surface area contributed by atoms with E-state index in [0.29, 0.717) is 0 Å². The molecule has 88 valence electrons. The third-order valence-electron chi connectivity index (χ3n) is 2.52. The summed E-state index contributed by atoms with van der Waals surface area (Å²) in [4.78, 5) is 0. The molecular weight excluding hydrogens is 227 g/mol. The lowest BCUT2D eigenvalue weighted by molar-refractivity contribution is 0.360. The molecule has 17 heavy (non-hydrogen) atoms. The largest absolute Gasteiger partial charge is 0.230 e. The lowest BCUT2D eigenvalue weighted by atomic mass is 10.4. The monoisotopic (exact) mass is 245 g/mol. The van der Waals surface area contributed by atoms with Crippen molar-refractivity contribution in [3.63, 3.8) is 0 Å². The summed E-state index contributed by atoms with van der Waals surface area (Å²) < 4.78 is 6.07. The Bertz CT molecular complexity index is 388. The maximum atomic E-state index is 6.07. The van der Waals surface area contributed by atoms with Crippen LogP contribution >= 0.6 is 8.15 Å². The van der Waals surface area contributed by atoms with Crippen LogP contribution < -0.4 is 10.6 Å². The number of hydrogen-bond acceptors (Lipinski definition) is 1. The van der Waals surface area contributed by atoms with E-state index in [0.717, 1.165) is 13.0 Å². The summed E-state index contributed by atoms with van der Waals surface area (Å²) in [5, 5.41) is 2.63. The molecule has 0 spiro atoms. The Morgan fingerprint density at radius 2 is 1.29 bits per heavy atom. The molecule has 2 aromatic rings. The predicted octanol–water partition coefficient (Wildman–Crippen LogP) is 3.19. The Kier molecular flexibility index (Phi) is 4.73. The van der Waals surface area contributed by atoms with E-state index < -0.39 is 8.15 Å². The third kappa shape index (κ3) is 3.39. The zero-order valence-corrected chi connectivity index (χ0v) is 11.1. The highest BCUT2D eigenvalue weighted by Crippen LogP contribution is 2.34. The molecule has 2 heteroatoms. The molecule has 0 aromatic heterocycles. The van der Waals surface area contributed by atoms with Crippen LogP contribution in [-0.2, 0) is 4.52 Å². The van der Waals surface area contributed by atoms with Crippen molar-refractivity contribution < 1.29 is 4.52 Å². The van der Waals surface area contributed by atoms with Crippen LogP contribution in [0.25, 0.3) is 0 Å². The molecule has 0 saturated carbocycles. The molecule has 0 aliphatic heterocycles. The second-order valence-electron chi connectivity index (χ2n) is 3.91. The Morgan fingerprint density at radius 3 is 1.71 bits per heavy atom. The van der Waals surface area contributed by atoms with E-state index in [1.807, 2.05) is 12.1 Å². The standard InChI is InChI=1S/C15H17OP/c1-2-13-16-17(14-9-5-3-6-10-14)15-11-7-4-8-12-15/h3-12H,2,13H2,1H3/p+1. The van der Waals surface area contributed by atoms with E-state index >= 15 is 0 Å². The van der Waals surface area contributed by atoms with Crippen molar-refractivity contribution in [3.05, 3.63) is 60.7 Å². The van der Waals surface area contributed by atoms with Gasteiger partial charge in [-0.05, 0) is 30.7 Å². The highest BCUT2D eigenvalue weighted by Gasteiger charge is 2.22. The van der Waals surface area contributed by atoms with Crippen LogP contribution in [0, 0.1) is 0 Å². The molecule has 1 nitrogen and oxygen atoms in total. The van der Waals surface area contributed by atoms with E-state index in [1.165, 1.54) is 10.6 Å². The summed E-state index contributed by atoms with van der Waals surface area (Å²) in [6, 6.07) is 21.1. The normalized spacial score (nSPS) is 10.7. The minimum atomic E-state index is -1.06. The van der Waals surface area contributed by atoms with Gasteiger partial charge in [-0.25, -0.2) is 4.52 Å². The van der Waals surface area contributed by atoms with E-state index in [-0.39, 0.29) is 0 Å². The van der Waals surface area contributed by atoms with Crippen LogP contribution in [0.5, 0.6) is 0 Å². The van der Waals surface area contributed by atoms with E-state index in [1.54, 1.807) is 0 Å². The fourth-order valence-electron chi connectivity index (χ4n) is 1.72. The highest BCUT2D eigenvalue weighted by molar-refractivity contribution is 7.68. The zero-order chi connectivity index (χ0) is 11.9. The summed E-state index contributed by atoms with van der Waals surface area (Å²) in [5.74, 6) is 0. The number of rotatable bonds is 5. The van der Waals surface area contributed by atoms with Crippen molar-refractivity contribution in [2.75, 3.05) is 6.61 Å². The van der Waals surface area contributed by atoms with Gasteiger partial charge in [0.2, 0.25) is 0 Å². The summed E-state index contributed by atoms with van der Waals surface area (Å²) in [6.07, 6.45) is 1.06. The van der Waals surface area contributed by atoms with Crippen LogP contribution in [0.4, 0.5) is 0 Å². The fourth-order valence-corrected chi connectivity index (χ4v) is 3.78. The Labute approximate surface area is 104 Å². The van der Waals surface area contributed by atoms with Gasteiger partial charge in [0.25, 0.3) is 0 Å². The van der Waals surface area contributed by atoms with Gasteiger partial charge in [0.15, 0.2) is 8.15 Å². The van der Waals surface area contributed by atoms with Gasteiger partial charge in [-0.1, -0.05) is 43.3 Å². The summed E-state index contributed by atoms with van der Waals surface area (Å²) >= 11 is 0. The first-order chi connectivity index (χ1) is 8.42. The maximum absolute atomic E-state index is 6.07. The van der Waals surface area contributed by atoms with Crippen molar-refractivity contribution in [2.24, 2.45) is 0 Å². The summed E-state index contributed by atoms with van der Waals surface area (Å²) in [6.45, 7) is 2.98. The molecule has 0 atom stereocenters. The van der Waals surface area contributed by atoms with Gasteiger partial charge in [-0.3, -0.25) is 0 Å². The van der Waals surface area contributed by atoms with Gasteiger partial charge in [-0.15, -0.1) is 0 Å². The van der Waals surface area contributed by atoms with E-state index in [9.17, 15) is 0 Å². The van der Waals surface area contributed by atoms with Gasteiger partial charge in [0.1, 0.15) is 10.6 Å². The lowest BCUT2D eigenvalue weighted by Crippen LogP contribution is -2.13. The van der Waals surface area contributed by atoms with Crippen molar-refractivity contribution in [1.82, 2.24) is 0 Å². The van der Waals surface area contributed by atoms with Crippen molar-refractivity contribution in [1.29, 1.82) is 0 Å². The Morgan fingerprint density at radius 1 is 0.824 bits per heavy atom. The molecule has 2 rings (SSSR count).